The Labute approximate surface area is 95.9 Å². The summed E-state index contributed by atoms with van der Waals surface area (Å²) < 4.78 is 6.37. The molecule has 0 fully saturated rings. The van der Waals surface area contributed by atoms with Gasteiger partial charge in [-0.2, -0.15) is 0 Å². The van der Waals surface area contributed by atoms with Gasteiger partial charge in [-0.15, -0.1) is 0 Å². The van der Waals surface area contributed by atoms with Gasteiger partial charge in [0.15, 0.2) is 0 Å². The summed E-state index contributed by atoms with van der Waals surface area (Å²) >= 11 is 3.33. The van der Waals surface area contributed by atoms with E-state index in [-0.39, 0.29) is 5.91 Å². The van der Waals surface area contributed by atoms with Crippen molar-refractivity contribution in [2.24, 2.45) is 5.73 Å². The Hall–Kier alpha value is -1.07. The largest absolute Gasteiger partial charge is 0.491 e. The van der Waals surface area contributed by atoms with Crippen LogP contribution in [0.15, 0.2) is 22.7 Å². The molecule has 1 aromatic rings. The van der Waals surface area contributed by atoms with Crippen molar-refractivity contribution in [3.63, 3.8) is 0 Å². The molecule has 80 valence electrons. The first-order chi connectivity index (χ1) is 7.16. The highest BCUT2D eigenvalue weighted by Crippen LogP contribution is 2.29. The van der Waals surface area contributed by atoms with Gasteiger partial charge in [0.1, 0.15) is 5.75 Å². The van der Waals surface area contributed by atoms with E-state index in [1.54, 1.807) is 6.07 Å². The van der Waals surface area contributed by atoms with Crippen LogP contribution in [0.2, 0.25) is 0 Å². The van der Waals surface area contributed by atoms with Crippen LogP contribution in [-0.4, -0.2) is 18.6 Å². The number of anilines is 1. The van der Waals surface area contributed by atoms with Gasteiger partial charge < -0.3 is 15.8 Å². The summed E-state index contributed by atoms with van der Waals surface area (Å²) in [4.78, 5) is 11.5. The standard InChI is InChI=1S/C10H11BrN2O2/c11-6-1-2-9-8(5-6)13-10(14)7(12)3-4-15-9/h1-2,5,7H,3-4,12H2,(H,13,14). The van der Waals surface area contributed by atoms with E-state index in [1.807, 2.05) is 12.1 Å². The lowest BCUT2D eigenvalue weighted by atomic mass is 10.2. The molecule has 0 radical (unpaired) electrons. The van der Waals surface area contributed by atoms with Crippen molar-refractivity contribution < 1.29 is 9.53 Å². The highest BCUT2D eigenvalue weighted by molar-refractivity contribution is 9.10. The van der Waals surface area contributed by atoms with Crippen LogP contribution in [0.3, 0.4) is 0 Å². The third kappa shape index (κ3) is 2.30. The number of hydrogen-bond acceptors (Lipinski definition) is 3. The number of rotatable bonds is 0. The van der Waals surface area contributed by atoms with Gasteiger partial charge >= 0.3 is 0 Å². The second-order valence-electron chi connectivity index (χ2n) is 3.37. The molecule has 15 heavy (non-hydrogen) atoms. The van der Waals surface area contributed by atoms with E-state index >= 15 is 0 Å². The summed E-state index contributed by atoms with van der Waals surface area (Å²) in [6.07, 6.45) is 0.529. The molecule has 0 saturated heterocycles. The molecule has 0 saturated carbocycles. The number of fused-ring (bicyclic) bond motifs is 1. The number of halogens is 1. The molecule has 4 nitrogen and oxygen atoms in total. The molecule has 1 heterocycles. The number of carbonyl (C=O) groups is 1. The minimum Gasteiger partial charge on any atom is -0.491 e. The van der Waals surface area contributed by atoms with E-state index in [0.717, 1.165) is 4.47 Å². The summed E-state index contributed by atoms with van der Waals surface area (Å²) in [5, 5.41) is 2.73. The lowest BCUT2D eigenvalue weighted by Gasteiger charge is -2.19. The average Bonchev–Trinajstić information content (AvgIpc) is 2.19. The van der Waals surface area contributed by atoms with E-state index in [9.17, 15) is 4.79 Å². The van der Waals surface area contributed by atoms with Gasteiger partial charge in [0.2, 0.25) is 5.91 Å². The van der Waals surface area contributed by atoms with Crippen LogP contribution in [0, 0.1) is 0 Å². The van der Waals surface area contributed by atoms with Crippen molar-refractivity contribution in [2.75, 3.05) is 11.9 Å². The number of amides is 1. The number of hydrogen-bond donors (Lipinski definition) is 2. The lowest BCUT2D eigenvalue weighted by Crippen LogP contribution is -2.38. The summed E-state index contributed by atoms with van der Waals surface area (Å²) in [6, 6.07) is 4.98. The minimum atomic E-state index is -0.503. The maximum absolute atomic E-state index is 11.5. The van der Waals surface area contributed by atoms with Crippen molar-refractivity contribution in [3.8, 4) is 5.75 Å². The van der Waals surface area contributed by atoms with E-state index in [0.29, 0.717) is 24.5 Å². The number of nitrogens with two attached hydrogens (primary N) is 1. The number of nitrogens with one attached hydrogen (secondary N) is 1. The van der Waals surface area contributed by atoms with E-state index in [1.165, 1.54) is 0 Å². The topological polar surface area (TPSA) is 64.3 Å². The van der Waals surface area contributed by atoms with Gasteiger partial charge in [0.25, 0.3) is 0 Å². The van der Waals surface area contributed by atoms with E-state index in [2.05, 4.69) is 21.2 Å². The molecule has 1 atom stereocenters. The summed E-state index contributed by atoms with van der Waals surface area (Å²) in [6.45, 7) is 0.462. The highest BCUT2D eigenvalue weighted by atomic mass is 79.9. The third-order valence-corrected chi connectivity index (χ3v) is 2.72. The number of benzene rings is 1. The Morgan fingerprint density at radius 3 is 3.13 bits per heavy atom. The molecule has 0 spiro atoms. The van der Waals surface area contributed by atoms with E-state index < -0.39 is 6.04 Å². The Morgan fingerprint density at radius 2 is 2.33 bits per heavy atom. The lowest BCUT2D eigenvalue weighted by molar-refractivity contribution is -0.117. The highest BCUT2D eigenvalue weighted by Gasteiger charge is 2.18. The molecule has 1 aromatic carbocycles. The van der Waals surface area contributed by atoms with Gasteiger partial charge in [0.05, 0.1) is 18.3 Å². The maximum atomic E-state index is 11.5. The zero-order valence-corrected chi connectivity index (χ0v) is 9.58. The van der Waals surface area contributed by atoms with Gasteiger partial charge in [-0.05, 0) is 18.2 Å². The Morgan fingerprint density at radius 1 is 1.53 bits per heavy atom. The van der Waals surface area contributed by atoms with Gasteiger partial charge in [-0.1, -0.05) is 15.9 Å². The summed E-state index contributed by atoms with van der Waals surface area (Å²) in [5.74, 6) is 0.510. The quantitative estimate of drug-likeness (QED) is 0.751. The molecule has 2 rings (SSSR count). The van der Waals surface area contributed by atoms with E-state index in [4.69, 9.17) is 10.5 Å². The summed E-state index contributed by atoms with van der Waals surface area (Å²) in [7, 11) is 0. The fourth-order valence-electron chi connectivity index (χ4n) is 1.38. The fourth-order valence-corrected chi connectivity index (χ4v) is 1.74. The Bertz CT molecular complexity index is 395. The first kappa shape index (κ1) is 10.4. The second-order valence-corrected chi connectivity index (χ2v) is 4.29. The van der Waals surface area contributed by atoms with Gasteiger partial charge in [-0.3, -0.25) is 4.79 Å². The van der Waals surface area contributed by atoms with Gasteiger partial charge in [0, 0.05) is 10.9 Å². The molecule has 1 unspecified atom stereocenters. The van der Waals surface area contributed by atoms with Crippen LogP contribution in [-0.2, 0) is 4.79 Å². The van der Waals surface area contributed by atoms with Crippen LogP contribution in [0.25, 0.3) is 0 Å². The monoisotopic (exact) mass is 270 g/mol. The van der Waals surface area contributed by atoms with Crippen molar-refractivity contribution in [2.45, 2.75) is 12.5 Å². The zero-order chi connectivity index (χ0) is 10.8. The van der Waals surface area contributed by atoms with Crippen LogP contribution in [0.4, 0.5) is 5.69 Å². The van der Waals surface area contributed by atoms with Gasteiger partial charge in [-0.25, -0.2) is 0 Å². The molecule has 0 aliphatic carbocycles. The second kappa shape index (κ2) is 4.20. The number of carbonyl (C=O) groups excluding carboxylic acids is 1. The van der Waals surface area contributed by atoms with Crippen LogP contribution in [0.1, 0.15) is 6.42 Å². The third-order valence-electron chi connectivity index (χ3n) is 2.22. The van der Waals surface area contributed by atoms with Crippen molar-refractivity contribution in [1.82, 2.24) is 0 Å². The zero-order valence-electron chi connectivity index (χ0n) is 8.00. The molecular formula is C10H11BrN2O2. The molecule has 5 heteroatoms. The average molecular weight is 271 g/mol. The van der Waals surface area contributed by atoms with Crippen LogP contribution >= 0.6 is 15.9 Å². The maximum Gasteiger partial charge on any atom is 0.241 e. The number of ether oxygens (including phenoxy) is 1. The van der Waals surface area contributed by atoms with Crippen molar-refractivity contribution in [1.29, 1.82) is 0 Å². The molecule has 1 aliphatic rings. The smallest absolute Gasteiger partial charge is 0.241 e. The normalized spacial score (nSPS) is 20.7. The molecule has 0 aromatic heterocycles. The Kier molecular flexibility index (Phi) is 2.93. The first-order valence-corrected chi connectivity index (χ1v) is 5.45. The molecule has 1 amide bonds. The first-order valence-electron chi connectivity index (χ1n) is 4.65. The fraction of sp³-hybridized carbons (Fsp3) is 0.300. The molecule has 0 bridgehead atoms. The van der Waals surface area contributed by atoms with Crippen LogP contribution in [0.5, 0.6) is 5.75 Å². The van der Waals surface area contributed by atoms with Crippen molar-refractivity contribution >= 4 is 27.5 Å². The molecule has 3 N–H and O–H groups in total. The Balaban J connectivity index is 2.34. The molecule has 1 aliphatic heterocycles. The van der Waals surface area contributed by atoms with Crippen molar-refractivity contribution in [3.05, 3.63) is 22.7 Å². The summed E-state index contributed by atoms with van der Waals surface area (Å²) in [5.41, 5.74) is 6.30. The minimum absolute atomic E-state index is 0.169. The molecular weight excluding hydrogens is 260 g/mol. The SMILES string of the molecule is NC1CCOc2ccc(Br)cc2NC1=O. The predicted octanol–water partition coefficient (Wildman–Crippen LogP) is 1.50. The van der Waals surface area contributed by atoms with Crippen LogP contribution < -0.4 is 15.8 Å². The predicted molar refractivity (Wildman–Crippen MR) is 60.9 cm³/mol.